The summed E-state index contributed by atoms with van der Waals surface area (Å²) in [6.45, 7) is 1.06. The molecule has 2 aromatic heterocycles. The van der Waals surface area contributed by atoms with Crippen LogP contribution >= 0.6 is 11.6 Å². The van der Waals surface area contributed by atoms with E-state index in [0.717, 1.165) is 0 Å². The van der Waals surface area contributed by atoms with Crippen molar-refractivity contribution in [2.75, 3.05) is 11.9 Å². The lowest BCUT2D eigenvalue weighted by Gasteiger charge is -2.14. The standard InChI is InChI=1S/C16H14ClN5O4/c1-9(26-12(23)6-25-11-5-3-2-4-10(11)17)16(24)22-15-13-14(19-7-18-13)20-8-21-15/h2-5,7-9H,6H2,1H3,(H2,18,19,20,21,22,24). The van der Waals surface area contributed by atoms with Crippen LogP contribution in [0.5, 0.6) is 5.75 Å². The maximum atomic E-state index is 12.2. The third-order valence-electron chi connectivity index (χ3n) is 3.32. The Hall–Kier alpha value is -3.20. The first-order chi connectivity index (χ1) is 12.5. The van der Waals surface area contributed by atoms with Gasteiger partial charge in [0.25, 0.3) is 5.91 Å². The number of amides is 1. The zero-order valence-corrected chi connectivity index (χ0v) is 14.4. The normalized spacial score (nSPS) is 11.8. The molecule has 0 aliphatic rings. The summed E-state index contributed by atoms with van der Waals surface area (Å²) in [4.78, 5) is 38.8. The highest BCUT2D eigenvalue weighted by Gasteiger charge is 2.20. The number of anilines is 1. The maximum Gasteiger partial charge on any atom is 0.344 e. The first-order valence-corrected chi connectivity index (χ1v) is 7.94. The molecule has 0 saturated carbocycles. The Bertz CT molecular complexity index is 945. The van der Waals surface area contributed by atoms with E-state index in [4.69, 9.17) is 21.1 Å². The molecular weight excluding hydrogens is 362 g/mol. The van der Waals surface area contributed by atoms with E-state index in [1.165, 1.54) is 19.6 Å². The summed E-state index contributed by atoms with van der Waals surface area (Å²) < 4.78 is 10.3. The predicted octanol–water partition coefficient (Wildman–Crippen LogP) is 1.96. The molecule has 0 radical (unpaired) electrons. The number of ether oxygens (including phenoxy) is 2. The SMILES string of the molecule is CC(OC(=O)COc1ccccc1Cl)C(=O)Nc1ncnc2nc[nH]c12. The number of aromatic nitrogens is 4. The molecule has 26 heavy (non-hydrogen) atoms. The number of halogens is 1. The van der Waals surface area contributed by atoms with Gasteiger partial charge in [0.2, 0.25) is 0 Å². The van der Waals surface area contributed by atoms with Crippen LogP contribution in [-0.2, 0) is 14.3 Å². The largest absolute Gasteiger partial charge is 0.480 e. The van der Waals surface area contributed by atoms with Gasteiger partial charge < -0.3 is 19.8 Å². The van der Waals surface area contributed by atoms with Crippen LogP contribution in [0.4, 0.5) is 5.82 Å². The van der Waals surface area contributed by atoms with Crippen LogP contribution in [0.2, 0.25) is 5.02 Å². The van der Waals surface area contributed by atoms with E-state index in [1.54, 1.807) is 24.3 Å². The molecule has 3 aromatic rings. The van der Waals surface area contributed by atoms with Crippen molar-refractivity contribution < 1.29 is 19.1 Å². The van der Waals surface area contributed by atoms with Crippen molar-refractivity contribution in [2.45, 2.75) is 13.0 Å². The number of fused-ring (bicyclic) bond motifs is 1. The molecule has 10 heteroatoms. The number of aromatic amines is 1. The molecule has 2 heterocycles. The van der Waals surface area contributed by atoms with Gasteiger partial charge in [-0.25, -0.2) is 19.7 Å². The topological polar surface area (TPSA) is 119 Å². The lowest BCUT2D eigenvalue weighted by atomic mass is 10.3. The van der Waals surface area contributed by atoms with Gasteiger partial charge in [-0.1, -0.05) is 23.7 Å². The van der Waals surface area contributed by atoms with Crippen LogP contribution in [-0.4, -0.2) is 44.5 Å². The molecule has 1 atom stereocenters. The zero-order chi connectivity index (χ0) is 18.5. The fourth-order valence-corrected chi connectivity index (χ4v) is 2.25. The summed E-state index contributed by atoms with van der Waals surface area (Å²) >= 11 is 5.93. The Morgan fingerprint density at radius 1 is 1.27 bits per heavy atom. The second-order valence-electron chi connectivity index (χ2n) is 5.16. The van der Waals surface area contributed by atoms with Crippen molar-refractivity contribution in [1.82, 2.24) is 19.9 Å². The second-order valence-corrected chi connectivity index (χ2v) is 5.57. The number of carbonyl (C=O) groups excluding carboxylic acids is 2. The average Bonchev–Trinajstić information content (AvgIpc) is 3.10. The molecule has 0 spiro atoms. The number of esters is 1. The van der Waals surface area contributed by atoms with Gasteiger partial charge in [-0.2, -0.15) is 0 Å². The second kappa shape index (κ2) is 7.79. The number of H-pyrrole nitrogens is 1. The molecule has 9 nitrogen and oxygen atoms in total. The fraction of sp³-hybridized carbons (Fsp3) is 0.188. The predicted molar refractivity (Wildman–Crippen MR) is 92.8 cm³/mol. The molecular formula is C16H14ClN5O4. The Labute approximate surface area is 152 Å². The Morgan fingerprint density at radius 3 is 2.88 bits per heavy atom. The summed E-state index contributed by atoms with van der Waals surface area (Å²) in [7, 11) is 0. The third-order valence-corrected chi connectivity index (χ3v) is 3.64. The Balaban J connectivity index is 1.54. The van der Waals surface area contributed by atoms with Crippen LogP contribution < -0.4 is 10.1 Å². The van der Waals surface area contributed by atoms with Crippen molar-refractivity contribution in [2.24, 2.45) is 0 Å². The number of hydrogen-bond acceptors (Lipinski definition) is 7. The summed E-state index contributed by atoms with van der Waals surface area (Å²) in [6, 6.07) is 6.72. The van der Waals surface area contributed by atoms with Gasteiger partial charge in [0.15, 0.2) is 24.2 Å². The van der Waals surface area contributed by atoms with Gasteiger partial charge in [-0.05, 0) is 19.1 Å². The van der Waals surface area contributed by atoms with Crippen LogP contribution in [0.15, 0.2) is 36.9 Å². The number of benzene rings is 1. The molecule has 0 saturated heterocycles. The van der Waals surface area contributed by atoms with E-state index in [1.807, 2.05) is 0 Å². The van der Waals surface area contributed by atoms with Crippen LogP contribution in [0, 0.1) is 0 Å². The van der Waals surface area contributed by atoms with Crippen LogP contribution in [0.1, 0.15) is 6.92 Å². The highest BCUT2D eigenvalue weighted by molar-refractivity contribution is 6.32. The van der Waals surface area contributed by atoms with Crippen molar-refractivity contribution in [3.63, 3.8) is 0 Å². The van der Waals surface area contributed by atoms with E-state index >= 15 is 0 Å². The third kappa shape index (κ3) is 4.06. The van der Waals surface area contributed by atoms with Crippen molar-refractivity contribution in [1.29, 1.82) is 0 Å². The van der Waals surface area contributed by atoms with Crippen molar-refractivity contribution in [3.05, 3.63) is 41.9 Å². The minimum absolute atomic E-state index is 0.243. The Morgan fingerprint density at radius 2 is 2.08 bits per heavy atom. The fourth-order valence-electron chi connectivity index (χ4n) is 2.06. The highest BCUT2D eigenvalue weighted by atomic mass is 35.5. The van der Waals surface area contributed by atoms with E-state index in [2.05, 4.69) is 25.3 Å². The summed E-state index contributed by atoms with van der Waals surface area (Å²) in [5.74, 6) is -0.661. The van der Waals surface area contributed by atoms with Gasteiger partial charge in [0, 0.05) is 0 Å². The van der Waals surface area contributed by atoms with Gasteiger partial charge in [0.1, 0.15) is 17.6 Å². The molecule has 0 fully saturated rings. The lowest BCUT2D eigenvalue weighted by molar-refractivity contribution is -0.155. The van der Waals surface area contributed by atoms with Crippen LogP contribution in [0.3, 0.4) is 0 Å². The minimum atomic E-state index is -1.05. The summed E-state index contributed by atoms with van der Waals surface area (Å²) in [6.07, 6.45) is 1.66. The van der Waals surface area contributed by atoms with Crippen molar-refractivity contribution >= 4 is 40.5 Å². The van der Waals surface area contributed by atoms with Gasteiger partial charge in [0.05, 0.1) is 11.3 Å². The average molecular weight is 376 g/mol. The molecule has 1 unspecified atom stereocenters. The van der Waals surface area contributed by atoms with E-state index in [9.17, 15) is 9.59 Å². The minimum Gasteiger partial charge on any atom is -0.480 e. The van der Waals surface area contributed by atoms with E-state index in [-0.39, 0.29) is 12.4 Å². The number of hydrogen-bond donors (Lipinski definition) is 2. The number of imidazole rings is 1. The number of nitrogens with zero attached hydrogens (tertiary/aromatic N) is 3. The first-order valence-electron chi connectivity index (χ1n) is 7.56. The molecule has 134 valence electrons. The molecule has 1 aromatic carbocycles. The van der Waals surface area contributed by atoms with Gasteiger partial charge in [-0.3, -0.25) is 4.79 Å². The molecule has 3 rings (SSSR count). The lowest BCUT2D eigenvalue weighted by Crippen LogP contribution is -2.32. The van der Waals surface area contributed by atoms with Gasteiger partial charge in [-0.15, -0.1) is 0 Å². The maximum absolute atomic E-state index is 12.2. The van der Waals surface area contributed by atoms with Crippen molar-refractivity contribution in [3.8, 4) is 5.75 Å². The van der Waals surface area contributed by atoms with E-state index < -0.39 is 18.0 Å². The number of nitrogens with one attached hydrogen (secondary N) is 2. The van der Waals surface area contributed by atoms with Crippen LogP contribution in [0.25, 0.3) is 11.2 Å². The Kier molecular flexibility index (Phi) is 5.28. The monoisotopic (exact) mass is 375 g/mol. The molecule has 1 amide bonds. The molecule has 0 aliphatic heterocycles. The summed E-state index contributed by atoms with van der Waals surface area (Å²) in [5, 5.41) is 2.93. The van der Waals surface area contributed by atoms with Gasteiger partial charge >= 0.3 is 5.97 Å². The zero-order valence-electron chi connectivity index (χ0n) is 13.6. The smallest absolute Gasteiger partial charge is 0.344 e. The summed E-state index contributed by atoms with van der Waals surface area (Å²) in [5.41, 5.74) is 0.884. The number of carbonyl (C=O) groups is 2. The number of para-hydroxylation sites is 1. The quantitative estimate of drug-likeness (QED) is 0.632. The molecule has 0 bridgehead atoms. The molecule has 2 N–H and O–H groups in total. The molecule has 0 aliphatic carbocycles. The van der Waals surface area contributed by atoms with E-state index in [0.29, 0.717) is 21.9 Å². The first kappa shape index (κ1) is 17.6. The highest BCUT2D eigenvalue weighted by Crippen LogP contribution is 2.23. The number of rotatable bonds is 6.